The predicted molar refractivity (Wildman–Crippen MR) is 130 cm³/mol. The summed E-state index contributed by atoms with van der Waals surface area (Å²) in [6.07, 6.45) is 3.47. The maximum Gasteiger partial charge on any atom is 0.277 e. The molecule has 0 aliphatic heterocycles. The number of rotatable bonds is 8. The lowest BCUT2D eigenvalue weighted by molar-refractivity contribution is -0.0829. The minimum Gasteiger partial charge on any atom is -0.380 e. The van der Waals surface area contributed by atoms with Crippen LogP contribution in [0.3, 0.4) is 0 Å². The fraction of sp³-hybridized carbons (Fsp3) is 0.111. The van der Waals surface area contributed by atoms with E-state index < -0.39 is 5.72 Å². The Labute approximate surface area is 193 Å². The molecule has 3 aromatic carbocycles. The summed E-state index contributed by atoms with van der Waals surface area (Å²) in [4.78, 5) is 22.5. The van der Waals surface area contributed by atoms with Gasteiger partial charge in [-0.05, 0) is 47.9 Å². The number of benzene rings is 3. The van der Waals surface area contributed by atoms with Crippen LogP contribution in [-0.2, 0) is 17.1 Å². The van der Waals surface area contributed by atoms with Gasteiger partial charge in [-0.25, -0.2) is 10.3 Å². The minimum atomic E-state index is -1.20. The first-order chi connectivity index (χ1) is 16.0. The van der Waals surface area contributed by atoms with Gasteiger partial charge in [0.25, 0.3) is 5.91 Å². The van der Waals surface area contributed by atoms with Crippen molar-refractivity contribution in [2.24, 2.45) is 5.73 Å². The highest BCUT2D eigenvalue weighted by molar-refractivity contribution is 5.99. The van der Waals surface area contributed by atoms with E-state index in [2.05, 4.69) is 15.8 Å². The number of carbonyl (C=O) groups excluding carboxylic acids is 1. The molecule has 1 heterocycles. The Bertz CT molecular complexity index is 1190. The number of anilines is 1. The van der Waals surface area contributed by atoms with Crippen molar-refractivity contribution in [3.8, 4) is 11.1 Å². The molecule has 1 atom stereocenters. The Morgan fingerprint density at radius 2 is 1.52 bits per heavy atom. The van der Waals surface area contributed by atoms with Crippen molar-refractivity contribution in [1.29, 1.82) is 0 Å². The Morgan fingerprint density at radius 3 is 2.24 bits per heavy atom. The van der Waals surface area contributed by atoms with Crippen LogP contribution in [0.2, 0.25) is 0 Å². The van der Waals surface area contributed by atoms with Gasteiger partial charge in [-0.1, -0.05) is 66.7 Å². The molecule has 0 aliphatic rings. The number of hydrogen-bond acceptors (Lipinski definition) is 5. The van der Waals surface area contributed by atoms with Crippen molar-refractivity contribution >= 4 is 11.6 Å². The Balaban J connectivity index is 1.41. The molecule has 0 radical (unpaired) electrons. The van der Waals surface area contributed by atoms with E-state index in [-0.39, 0.29) is 5.91 Å². The zero-order chi connectivity index (χ0) is 23.1. The van der Waals surface area contributed by atoms with Crippen LogP contribution in [-0.4, -0.2) is 10.9 Å². The van der Waals surface area contributed by atoms with Crippen LogP contribution < -0.4 is 16.5 Å². The summed E-state index contributed by atoms with van der Waals surface area (Å²) in [6.45, 7) is 2.27. The van der Waals surface area contributed by atoms with Crippen molar-refractivity contribution < 1.29 is 9.63 Å². The van der Waals surface area contributed by atoms with Gasteiger partial charge < -0.3 is 5.32 Å². The predicted octanol–water partition coefficient (Wildman–Crippen LogP) is 4.85. The van der Waals surface area contributed by atoms with Crippen LogP contribution in [0, 0.1) is 0 Å². The van der Waals surface area contributed by atoms with Crippen LogP contribution >= 0.6 is 0 Å². The van der Waals surface area contributed by atoms with Gasteiger partial charge in [-0.3, -0.25) is 15.5 Å². The summed E-state index contributed by atoms with van der Waals surface area (Å²) < 4.78 is 0. The molecule has 1 aromatic heterocycles. The molecule has 0 spiro atoms. The molecular weight excluding hydrogens is 412 g/mol. The van der Waals surface area contributed by atoms with Crippen molar-refractivity contribution in [3.05, 3.63) is 120 Å². The van der Waals surface area contributed by atoms with Crippen LogP contribution in [0.25, 0.3) is 11.1 Å². The molecule has 6 heteroatoms. The molecule has 4 N–H and O–H groups in total. The van der Waals surface area contributed by atoms with E-state index in [1.54, 1.807) is 31.5 Å². The van der Waals surface area contributed by atoms with Gasteiger partial charge in [-0.15, -0.1) is 0 Å². The highest BCUT2D eigenvalue weighted by Crippen LogP contribution is 2.24. The minimum absolute atomic E-state index is 0.384. The van der Waals surface area contributed by atoms with E-state index in [9.17, 15) is 4.79 Å². The average molecular weight is 439 g/mol. The zero-order valence-electron chi connectivity index (χ0n) is 18.4. The van der Waals surface area contributed by atoms with E-state index in [4.69, 9.17) is 10.6 Å². The van der Waals surface area contributed by atoms with Gasteiger partial charge in [-0.2, -0.15) is 0 Å². The third kappa shape index (κ3) is 5.63. The number of hydrogen-bond donors (Lipinski definition) is 3. The number of para-hydroxylation sites is 1. The number of nitrogens with one attached hydrogen (secondary N) is 2. The first kappa shape index (κ1) is 22.2. The van der Waals surface area contributed by atoms with Gasteiger partial charge in [0.1, 0.15) is 0 Å². The fourth-order valence-electron chi connectivity index (χ4n) is 3.42. The standard InChI is InChI=1S/C27H26N4O2/c1-27(28,23-13-11-22(12-14-23)21-7-3-2-4-8-21)33-31-26(32)24-9-5-6-10-25(24)30-19-20-15-17-29-18-16-20/h2-18,30H,19,28H2,1H3,(H,31,32). The number of amides is 1. The molecule has 33 heavy (non-hydrogen) atoms. The third-order valence-electron chi connectivity index (χ3n) is 5.32. The lowest BCUT2D eigenvalue weighted by atomic mass is 10.00. The van der Waals surface area contributed by atoms with Gasteiger partial charge >= 0.3 is 0 Å². The normalized spacial score (nSPS) is 12.5. The quantitative estimate of drug-likeness (QED) is 0.270. The van der Waals surface area contributed by atoms with Gasteiger partial charge in [0.15, 0.2) is 5.72 Å². The second-order valence-electron chi connectivity index (χ2n) is 7.84. The molecule has 0 saturated heterocycles. The monoisotopic (exact) mass is 438 g/mol. The van der Waals surface area contributed by atoms with Crippen LogP contribution in [0.15, 0.2) is 103 Å². The van der Waals surface area contributed by atoms with Crippen molar-refractivity contribution in [3.63, 3.8) is 0 Å². The number of carbonyl (C=O) groups is 1. The molecule has 0 bridgehead atoms. The molecular formula is C27H26N4O2. The summed E-state index contributed by atoms with van der Waals surface area (Å²) in [5.41, 5.74) is 12.8. The molecule has 0 saturated carbocycles. The third-order valence-corrected chi connectivity index (χ3v) is 5.32. The SMILES string of the molecule is CC(N)(ONC(=O)c1ccccc1NCc1ccncc1)c1ccc(-c2ccccc2)cc1. The first-order valence-corrected chi connectivity index (χ1v) is 10.7. The van der Waals surface area contributed by atoms with E-state index >= 15 is 0 Å². The number of nitrogens with zero attached hydrogens (tertiary/aromatic N) is 1. The van der Waals surface area contributed by atoms with Gasteiger partial charge in [0, 0.05) is 30.2 Å². The lowest BCUT2D eigenvalue weighted by Crippen LogP contribution is -2.43. The lowest BCUT2D eigenvalue weighted by Gasteiger charge is -2.25. The molecule has 166 valence electrons. The topological polar surface area (TPSA) is 89.3 Å². The average Bonchev–Trinajstić information content (AvgIpc) is 2.87. The number of hydroxylamine groups is 1. The smallest absolute Gasteiger partial charge is 0.277 e. The first-order valence-electron chi connectivity index (χ1n) is 10.7. The fourth-order valence-corrected chi connectivity index (χ4v) is 3.42. The molecule has 4 rings (SSSR count). The number of aromatic nitrogens is 1. The summed E-state index contributed by atoms with van der Waals surface area (Å²) in [7, 11) is 0. The summed E-state index contributed by atoms with van der Waals surface area (Å²) >= 11 is 0. The number of nitrogens with two attached hydrogens (primary N) is 1. The Morgan fingerprint density at radius 1 is 0.879 bits per heavy atom. The highest BCUT2D eigenvalue weighted by Gasteiger charge is 2.24. The number of pyridine rings is 1. The van der Waals surface area contributed by atoms with Crippen LogP contribution in [0.1, 0.15) is 28.4 Å². The van der Waals surface area contributed by atoms with Crippen LogP contribution in [0.5, 0.6) is 0 Å². The van der Waals surface area contributed by atoms with Gasteiger partial charge in [0.2, 0.25) is 0 Å². The Hall–Kier alpha value is -4.00. The van der Waals surface area contributed by atoms with Crippen LogP contribution in [0.4, 0.5) is 5.69 Å². The van der Waals surface area contributed by atoms with Crippen molar-refractivity contribution in [2.45, 2.75) is 19.2 Å². The van der Waals surface area contributed by atoms with Gasteiger partial charge in [0.05, 0.1) is 5.56 Å². The maximum atomic E-state index is 12.9. The molecule has 1 amide bonds. The maximum absolute atomic E-state index is 12.9. The van der Waals surface area contributed by atoms with Crippen molar-refractivity contribution in [1.82, 2.24) is 10.5 Å². The summed E-state index contributed by atoms with van der Waals surface area (Å²) in [6, 6.07) is 28.9. The van der Waals surface area contributed by atoms with E-state index in [0.717, 1.165) is 22.3 Å². The summed E-state index contributed by atoms with van der Waals surface area (Å²) in [5.74, 6) is -0.384. The zero-order valence-corrected chi connectivity index (χ0v) is 18.4. The molecule has 0 aliphatic carbocycles. The largest absolute Gasteiger partial charge is 0.380 e. The molecule has 6 nitrogen and oxygen atoms in total. The van der Waals surface area contributed by atoms with Crippen molar-refractivity contribution in [2.75, 3.05) is 5.32 Å². The second kappa shape index (κ2) is 10.1. The Kier molecular flexibility index (Phi) is 6.78. The van der Waals surface area contributed by atoms with E-state index in [0.29, 0.717) is 17.8 Å². The highest BCUT2D eigenvalue weighted by atomic mass is 16.7. The van der Waals surface area contributed by atoms with E-state index in [1.165, 1.54) is 0 Å². The summed E-state index contributed by atoms with van der Waals surface area (Å²) in [5, 5.41) is 3.29. The molecule has 1 unspecified atom stereocenters. The second-order valence-corrected chi connectivity index (χ2v) is 7.84. The molecule has 4 aromatic rings. The van der Waals surface area contributed by atoms with E-state index in [1.807, 2.05) is 78.9 Å². The molecule has 0 fully saturated rings.